The normalized spacial score (nSPS) is 16.9. The van der Waals surface area contributed by atoms with Crippen molar-refractivity contribution >= 4 is 16.7 Å². The summed E-state index contributed by atoms with van der Waals surface area (Å²) in [7, 11) is 0. The van der Waals surface area contributed by atoms with Gasteiger partial charge < -0.3 is 10.2 Å². The van der Waals surface area contributed by atoms with Crippen molar-refractivity contribution in [1.29, 1.82) is 0 Å². The van der Waals surface area contributed by atoms with Crippen LogP contribution in [0.3, 0.4) is 0 Å². The van der Waals surface area contributed by atoms with E-state index in [9.17, 15) is 0 Å². The molecule has 7 nitrogen and oxygen atoms in total. The second-order valence-electron chi connectivity index (χ2n) is 8.06. The molecule has 30 heavy (non-hydrogen) atoms. The van der Waals surface area contributed by atoms with Crippen molar-refractivity contribution in [2.45, 2.75) is 18.8 Å². The first-order valence-electron chi connectivity index (χ1n) is 10.6. The largest absolute Gasteiger partial charge is 0.354 e. The molecule has 2 fully saturated rings. The average molecular weight is 397 g/mol. The lowest BCUT2D eigenvalue weighted by molar-refractivity contribution is 0.584. The van der Waals surface area contributed by atoms with Crippen molar-refractivity contribution in [2.24, 2.45) is 0 Å². The van der Waals surface area contributed by atoms with E-state index in [1.807, 2.05) is 35.5 Å². The lowest BCUT2D eigenvalue weighted by Crippen LogP contribution is -2.43. The molecule has 1 aliphatic heterocycles. The number of rotatable bonds is 4. The lowest BCUT2D eigenvalue weighted by Gasteiger charge is -2.28. The average Bonchev–Trinajstić information content (AvgIpc) is 3.59. The minimum absolute atomic E-state index is 0.670. The Balaban J connectivity index is 1.39. The molecule has 0 bridgehead atoms. The van der Waals surface area contributed by atoms with Gasteiger partial charge in [0, 0.05) is 55.7 Å². The van der Waals surface area contributed by atoms with Crippen molar-refractivity contribution < 1.29 is 0 Å². The fourth-order valence-corrected chi connectivity index (χ4v) is 4.10. The number of pyridine rings is 3. The van der Waals surface area contributed by atoms with Crippen LogP contribution in [0.5, 0.6) is 0 Å². The summed E-state index contributed by atoms with van der Waals surface area (Å²) in [6.07, 6.45) is 10.1. The highest BCUT2D eigenvalue weighted by Crippen LogP contribution is 2.40. The van der Waals surface area contributed by atoms with Gasteiger partial charge in [-0.15, -0.1) is 0 Å². The molecule has 1 aliphatic carbocycles. The van der Waals surface area contributed by atoms with Crippen molar-refractivity contribution in [3.8, 4) is 17.1 Å². The van der Waals surface area contributed by atoms with Crippen molar-refractivity contribution in [3.63, 3.8) is 0 Å². The lowest BCUT2D eigenvalue weighted by atomic mass is 10.1. The van der Waals surface area contributed by atoms with Gasteiger partial charge in [-0.25, -0.2) is 9.67 Å². The number of anilines is 1. The molecule has 5 heterocycles. The molecule has 0 unspecified atom stereocenters. The fraction of sp³-hybridized carbons (Fsp3) is 0.304. The predicted molar refractivity (Wildman–Crippen MR) is 117 cm³/mol. The van der Waals surface area contributed by atoms with Gasteiger partial charge in [-0.3, -0.25) is 9.97 Å². The Labute approximate surface area is 174 Å². The Hall–Kier alpha value is -3.32. The van der Waals surface area contributed by atoms with Gasteiger partial charge in [-0.1, -0.05) is 6.07 Å². The summed E-state index contributed by atoms with van der Waals surface area (Å²) in [6.45, 7) is 3.91. The summed E-state index contributed by atoms with van der Waals surface area (Å²) in [4.78, 5) is 16.3. The quantitative estimate of drug-likeness (QED) is 0.570. The zero-order chi connectivity index (χ0) is 19.9. The van der Waals surface area contributed by atoms with Crippen LogP contribution in [-0.2, 0) is 0 Å². The van der Waals surface area contributed by atoms with Crippen LogP contribution in [0.25, 0.3) is 28.0 Å². The number of hydrogen-bond donors (Lipinski definition) is 1. The minimum atomic E-state index is 0.670. The number of hydrogen-bond acceptors (Lipinski definition) is 6. The second-order valence-corrected chi connectivity index (χ2v) is 8.06. The van der Waals surface area contributed by atoms with Gasteiger partial charge in [0.2, 0.25) is 0 Å². The molecule has 0 aromatic carbocycles. The van der Waals surface area contributed by atoms with Crippen molar-refractivity contribution in [2.75, 3.05) is 31.1 Å². The Morgan fingerprint density at radius 3 is 2.67 bits per heavy atom. The van der Waals surface area contributed by atoms with Crippen LogP contribution in [0, 0.1) is 0 Å². The van der Waals surface area contributed by atoms with Gasteiger partial charge in [-0.2, -0.15) is 5.10 Å². The van der Waals surface area contributed by atoms with E-state index >= 15 is 0 Å². The SMILES string of the molecule is c1cc(N2CCNCC2)nc(-n2ncc3cnc(-c4cncc(C5CC5)c4)cc32)c1. The zero-order valence-electron chi connectivity index (χ0n) is 16.7. The van der Waals surface area contributed by atoms with E-state index in [1.54, 1.807) is 0 Å². The van der Waals surface area contributed by atoms with Gasteiger partial charge in [0.1, 0.15) is 5.82 Å². The topological polar surface area (TPSA) is 71.8 Å². The molecule has 7 heteroatoms. The number of aromatic nitrogens is 5. The standard InChI is InChI=1S/C23H23N7/c1-2-22(29-8-6-24-7-9-29)28-23(3-1)30-21-11-20(26-14-19(21)15-27-30)18-10-17(12-25-13-18)16-4-5-16/h1-3,10-16,24H,4-9H2. The van der Waals surface area contributed by atoms with Crippen LogP contribution in [0.4, 0.5) is 5.82 Å². The molecular formula is C23H23N7. The van der Waals surface area contributed by atoms with E-state index in [0.717, 1.165) is 60.0 Å². The van der Waals surface area contributed by atoms with Crippen molar-refractivity contribution in [3.05, 3.63) is 60.7 Å². The van der Waals surface area contributed by atoms with Crippen LogP contribution in [-0.4, -0.2) is 50.9 Å². The maximum atomic E-state index is 4.90. The number of piperazine rings is 1. The summed E-state index contributed by atoms with van der Waals surface area (Å²) in [6, 6.07) is 10.5. The molecule has 4 aromatic rings. The van der Waals surface area contributed by atoms with E-state index < -0.39 is 0 Å². The number of nitrogens with one attached hydrogen (secondary N) is 1. The van der Waals surface area contributed by atoms with E-state index in [0.29, 0.717) is 5.92 Å². The molecule has 0 radical (unpaired) electrons. The fourth-order valence-electron chi connectivity index (χ4n) is 4.10. The van der Waals surface area contributed by atoms with Crippen LogP contribution in [0.15, 0.2) is 55.1 Å². The van der Waals surface area contributed by atoms with Crippen LogP contribution in [0.2, 0.25) is 0 Å². The summed E-state index contributed by atoms with van der Waals surface area (Å²) >= 11 is 0. The molecule has 0 amide bonds. The van der Waals surface area contributed by atoms with E-state index in [4.69, 9.17) is 4.98 Å². The maximum absolute atomic E-state index is 4.90. The molecule has 1 N–H and O–H groups in total. The first-order valence-corrected chi connectivity index (χ1v) is 10.6. The molecular weight excluding hydrogens is 374 g/mol. The van der Waals surface area contributed by atoms with Gasteiger partial charge in [0.25, 0.3) is 0 Å². The summed E-state index contributed by atoms with van der Waals surface area (Å²) in [5.41, 5.74) is 4.28. The molecule has 1 saturated carbocycles. The molecule has 150 valence electrons. The smallest absolute Gasteiger partial charge is 0.156 e. The monoisotopic (exact) mass is 397 g/mol. The highest BCUT2D eigenvalue weighted by Gasteiger charge is 2.24. The predicted octanol–water partition coefficient (Wildman–Crippen LogP) is 3.16. The number of nitrogens with zero attached hydrogens (tertiary/aromatic N) is 6. The molecule has 0 spiro atoms. The first-order chi connectivity index (χ1) is 14.8. The van der Waals surface area contributed by atoms with Crippen LogP contribution < -0.4 is 10.2 Å². The minimum Gasteiger partial charge on any atom is -0.354 e. The van der Waals surface area contributed by atoms with Gasteiger partial charge in [0.05, 0.1) is 17.4 Å². The Bertz CT molecular complexity index is 1210. The van der Waals surface area contributed by atoms with E-state index in [-0.39, 0.29) is 0 Å². The molecule has 1 saturated heterocycles. The summed E-state index contributed by atoms with van der Waals surface area (Å²) < 4.78 is 1.91. The Morgan fingerprint density at radius 1 is 0.933 bits per heavy atom. The van der Waals surface area contributed by atoms with Gasteiger partial charge in [-0.05, 0) is 48.6 Å². The molecule has 4 aromatic heterocycles. The number of fused-ring (bicyclic) bond motifs is 1. The third-order valence-corrected chi connectivity index (χ3v) is 5.93. The summed E-state index contributed by atoms with van der Waals surface area (Å²) in [5, 5.41) is 9.00. The van der Waals surface area contributed by atoms with E-state index in [2.05, 4.69) is 49.5 Å². The van der Waals surface area contributed by atoms with Crippen molar-refractivity contribution in [1.82, 2.24) is 30.0 Å². The zero-order valence-corrected chi connectivity index (χ0v) is 16.7. The van der Waals surface area contributed by atoms with Crippen LogP contribution in [0.1, 0.15) is 24.3 Å². The van der Waals surface area contributed by atoms with Gasteiger partial charge >= 0.3 is 0 Å². The highest BCUT2D eigenvalue weighted by molar-refractivity contribution is 5.83. The highest BCUT2D eigenvalue weighted by atomic mass is 15.3. The molecule has 6 rings (SSSR count). The Morgan fingerprint density at radius 2 is 1.80 bits per heavy atom. The van der Waals surface area contributed by atoms with E-state index in [1.165, 1.54) is 18.4 Å². The summed E-state index contributed by atoms with van der Waals surface area (Å²) in [5.74, 6) is 2.49. The maximum Gasteiger partial charge on any atom is 0.156 e. The van der Waals surface area contributed by atoms with Crippen LogP contribution >= 0.6 is 0 Å². The molecule has 0 atom stereocenters. The third-order valence-electron chi connectivity index (χ3n) is 5.93. The van der Waals surface area contributed by atoms with Gasteiger partial charge in [0.15, 0.2) is 5.82 Å². The second kappa shape index (κ2) is 7.18. The molecule has 2 aliphatic rings. The Kier molecular flexibility index (Phi) is 4.19. The first kappa shape index (κ1) is 17.5. The third kappa shape index (κ3) is 3.21.